The molecule has 0 unspecified atom stereocenters. The predicted octanol–water partition coefficient (Wildman–Crippen LogP) is 2.27. The molecule has 2 rings (SSSR count). The fourth-order valence-electron chi connectivity index (χ4n) is 1.58. The number of benzene rings is 1. The third-order valence-electron chi connectivity index (χ3n) is 2.69. The molecule has 1 aromatic heterocycles. The lowest BCUT2D eigenvalue weighted by Gasteiger charge is -2.05. The molecule has 5 heteroatoms. The smallest absolute Gasteiger partial charge is 0.266 e. The standard InChI is InChI=1S/C14H13ClN2O2/c1-9-2-4-10(5-3-9)7-16-13(18)11-6-12(15)14(19)17-8-11/h2-6,8H,7H2,1H3,(H,16,18)(H,17,19). The van der Waals surface area contributed by atoms with Crippen molar-refractivity contribution >= 4 is 17.5 Å². The number of aromatic amines is 1. The normalized spacial score (nSPS) is 10.2. The number of nitrogens with one attached hydrogen (secondary N) is 2. The largest absolute Gasteiger partial charge is 0.348 e. The highest BCUT2D eigenvalue weighted by atomic mass is 35.5. The number of rotatable bonds is 3. The molecule has 2 aromatic rings. The second kappa shape index (κ2) is 5.71. The van der Waals surface area contributed by atoms with E-state index in [2.05, 4.69) is 10.3 Å². The summed E-state index contributed by atoms with van der Waals surface area (Å²) in [6, 6.07) is 9.23. The van der Waals surface area contributed by atoms with E-state index in [1.165, 1.54) is 17.8 Å². The SMILES string of the molecule is Cc1ccc(CNC(=O)c2c[nH]c(=O)c(Cl)c2)cc1. The molecule has 0 radical (unpaired) electrons. The van der Waals surface area contributed by atoms with Crippen molar-refractivity contribution in [2.24, 2.45) is 0 Å². The molecule has 2 N–H and O–H groups in total. The Kier molecular flexibility index (Phi) is 4.02. The van der Waals surface area contributed by atoms with Crippen LogP contribution in [0.25, 0.3) is 0 Å². The lowest BCUT2D eigenvalue weighted by Crippen LogP contribution is -2.24. The van der Waals surface area contributed by atoms with Gasteiger partial charge in [0.25, 0.3) is 11.5 Å². The molecule has 0 saturated heterocycles. The van der Waals surface area contributed by atoms with Crippen molar-refractivity contribution in [3.63, 3.8) is 0 Å². The Morgan fingerprint density at radius 2 is 2.00 bits per heavy atom. The maximum absolute atomic E-state index is 11.9. The van der Waals surface area contributed by atoms with Crippen LogP contribution in [0.4, 0.5) is 0 Å². The molecule has 1 amide bonds. The van der Waals surface area contributed by atoms with E-state index in [-0.39, 0.29) is 10.9 Å². The van der Waals surface area contributed by atoms with E-state index in [1.54, 1.807) is 0 Å². The number of carbonyl (C=O) groups is 1. The van der Waals surface area contributed by atoms with Crippen LogP contribution in [0.5, 0.6) is 0 Å². The molecule has 19 heavy (non-hydrogen) atoms. The molecule has 1 heterocycles. The molecular weight excluding hydrogens is 264 g/mol. The number of aryl methyl sites for hydroxylation is 1. The number of halogens is 1. The van der Waals surface area contributed by atoms with Gasteiger partial charge in [-0.2, -0.15) is 0 Å². The van der Waals surface area contributed by atoms with Crippen LogP contribution in [0.3, 0.4) is 0 Å². The first-order chi connectivity index (χ1) is 9.06. The van der Waals surface area contributed by atoms with Crippen molar-refractivity contribution < 1.29 is 4.79 Å². The first-order valence-corrected chi connectivity index (χ1v) is 6.16. The zero-order valence-electron chi connectivity index (χ0n) is 10.4. The van der Waals surface area contributed by atoms with E-state index >= 15 is 0 Å². The van der Waals surface area contributed by atoms with Crippen molar-refractivity contribution in [3.8, 4) is 0 Å². The van der Waals surface area contributed by atoms with Gasteiger partial charge in [0.2, 0.25) is 0 Å². The Morgan fingerprint density at radius 1 is 1.32 bits per heavy atom. The third-order valence-corrected chi connectivity index (χ3v) is 2.97. The number of H-pyrrole nitrogens is 1. The van der Waals surface area contributed by atoms with Crippen molar-refractivity contribution in [3.05, 3.63) is 68.6 Å². The lowest BCUT2D eigenvalue weighted by atomic mass is 10.1. The molecule has 0 fully saturated rings. The Morgan fingerprint density at radius 3 is 2.63 bits per heavy atom. The molecule has 0 aliphatic rings. The summed E-state index contributed by atoms with van der Waals surface area (Å²) in [7, 11) is 0. The van der Waals surface area contributed by atoms with Crippen molar-refractivity contribution in [2.75, 3.05) is 0 Å². The molecule has 98 valence electrons. The fourth-order valence-corrected chi connectivity index (χ4v) is 1.75. The Labute approximate surface area is 115 Å². The Bertz CT molecular complexity index is 647. The molecule has 0 aliphatic heterocycles. The van der Waals surface area contributed by atoms with Crippen LogP contribution >= 0.6 is 11.6 Å². The molecule has 0 saturated carbocycles. The topological polar surface area (TPSA) is 62.0 Å². The van der Waals surface area contributed by atoms with Gasteiger partial charge in [0.05, 0.1) is 5.56 Å². The van der Waals surface area contributed by atoms with Crippen LogP contribution in [-0.2, 0) is 6.54 Å². The maximum atomic E-state index is 11.9. The summed E-state index contributed by atoms with van der Waals surface area (Å²) in [4.78, 5) is 25.3. The number of hydrogen-bond acceptors (Lipinski definition) is 2. The van der Waals surface area contributed by atoms with E-state index in [0.717, 1.165) is 5.56 Å². The first kappa shape index (κ1) is 13.4. The van der Waals surface area contributed by atoms with Crippen molar-refractivity contribution in [1.82, 2.24) is 10.3 Å². The van der Waals surface area contributed by atoms with Crippen LogP contribution in [0.15, 0.2) is 41.3 Å². The van der Waals surface area contributed by atoms with Gasteiger partial charge >= 0.3 is 0 Å². The minimum absolute atomic E-state index is 0.00276. The van der Waals surface area contributed by atoms with Crippen LogP contribution < -0.4 is 10.9 Å². The summed E-state index contributed by atoms with van der Waals surface area (Å²) in [5.74, 6) is -0.279. The molecule has 0 bridgehead atoms. The van der Waals surface area contributed by atoms with E-state index in [9.17, 15) is 9.59 Å². The number of aromatic nitrogens is 1. The summed E-state index contributed by atoms with van der Waals surface area (Å²) in [5, 5.41) is 2.76. The van der Waals surface area contributed by atoms with E-state index < -0.39 is 5.56 Å². The zero-order chi connectivity index (χ0) is 13.8. The highest BCUT2D eigenvalue weighted by molar-refractivity contribution is 6.30. The second-order valence-corrected chi connectivity index (χ2v) is 4.64. The minimum Gasteiger partial charge on any atom is -0.348 e. The fraction of sp³-hybridized carbons (Fsp3) is 0.143. The number of carbonyl (C=O) groups excluding carboxylic acids is 1. The lowest BCUT2D eigenvalue weighted by molar-refractivity contribution is 0.0950. The summed E-state index contributed by atoms with van der Waals surface area (Å²) in [5.41, 5.74) is 2.10. The summed E-state index contributed by atoms with van der Waals surface area (Å²) >= 11 is 5.67. The van der Waals surface area contributed by atoms with Gasteiger partial charge in [0.15, 0.2) is 0 Å². The number of pyridine rings is 1. The molecule has 0 spiro atoms. The van der Waals surface area contributed by atoms with Gasteiger partial charge in [0, 0.05) is 12.7 Å². The van der Waals surface area contributed by atoms with Crippen molar-refractivity contribution in [1.29, 1.82) is 0 Å². The minimum atomic E-state index is -0.406. The van der Waals surface area contributed by atoms with Gasteiger partial charge < -0.3 is 10.3 Å². The predicted molar refractivity (Wildman–Crippen MR) is 74.4 cm³/mol. The van der Waals surface area contributed by atoms with Crippen LogP contribution in [0.2, 0.25) is 5.02 Å². The van der Waals surface area contributed by atoms with Gasteiger partial charge in [-0.3, -0.25) is 9.59 Å². The van der Waals surface area contributed by atoms with Gasteiger partial charge in [-0.15, -0.1) is 0 Å². The first-order valence-electron chi connectivity index (χ1n) is 5.78. The highest BCUT2D eigenvalue weighted by Crippen LogP contribution is 2.06. The monoisotopic (exact) mass is 276 g/mol. The average Bonchev–Trinajstić information content (AvgIpc) is 2.41. The Hall–Kier alpha value is -2.07. The summed E-state index contributed by atoms with van der Waals surface area (Å²) in [6.45, 7) is 2.43. The highest BCUT2D eigenvalue weighted by Gasteiger charge is 2.07. The number of hydrogen-bond donors (Lipinski definition) is 2. The second-order valence-electron chi connectivity index (χ2n) is 4.23. The van der Waals surface area contributed by atoms with Gasteiger partial charge in [0.1, 0.15) is 5.02 Å². The van der Waals surface area contributed by atoms with Gasteiger partial charge in [-0.05, 0) is 18.6 Å². The van der Waals surface area contributed by atoms with E-state index in [1.807, 2.05) is 31.2 Å². The number of amides is 1. The summed E-state index contributed by atoms with van der Waals surface area (Å²) in [6.07, 6.45) is 1.35. The zero-order valence-corrected chi connectivity index (χ0v) is 11.1. The Balaban J connectivity index is 2.03. The van der Waals surface area contributed by atoms with Crippen molar-refractivity contribution in [2.45, 2.75) is 13.5 Å². The van der Waals surface area contributed by atoms with Crippen LogP contribution in [0, 0.1) is 6.92 Å². The molecular formula is C14H13ClN2O2. The molecule has 0 aliphatic carbocycles. The quantitative estimate of drug-likeness (QED) is 0.903. The van der Waals surface area contributed by atoms with E-state index in [0.29, 0.717) is 12.1 Å². The van der Waals surface area contributed by atoms with Gasteiger partial charge in [-0.25, -0.2) is 0 Å². The average molecular weight is 277 g/mol. The van der Waals surface area contributed by atoms with Gasteiger partial charge in [-0.1, -0.05) is 41.4 Å². The summed E-state index contributed by atoms with van der Waals surface area (Å²) < 4.78 is 0. The maximum Gasteiger partial charge on any atom is 0.266 e. The van der Waals surface area contributed by atoms with E-state index in [4.69, 9.17) is 11.6 Å². The molecule has 1 aromatic carbocycles. The molecule has 4 nitrogen and oxygen atoms in total. The van der Waals surface area contributed by atoms with Crippen LogP contribution in [-0.4, -0.2) is 10.9 Å². The third kappa shape index (κ3) is 3.45. The van der Waals surface area contributed by atoms with Crippen LogP contribution in [0.1, 0.15) is 21.5 Å². The molecule has 0 atom stereocenters.